The molecule has 0 atom stereocenters. The van der Waals surface area contributed by atoms with Crippen LogP contribution in [0.4, 0.5) is 5.69 Å². The second-order valence-corrected chi connectivity index (χ2v) is 7.14. The van der Waals surface area contributed by atoms with Gasteiger partial charge in [-0.15, -0.1) is 11.3 Å². The molecular formula is C14H16BrNS. The van der Waals surface area contributed by atoms with Gasteiger partial charge in [0.05, 0.1) is 0 Å². The quantitative estimate of drug-likeness (QED) is 0.732. The predicted molar refractivity (Wildman–Crippen MR) is 80.6 cm³/mol. The maximum atomic E-state index is 6.05. The van der Waals surface area contributed by atoms with Crippen LogP contribution >= 0.6 is 27.3 Å². The smallest absolute Gasteiger partial charge is 0.0413 e. The monoisotopic (exact) mass is 309 g/mol. The number of nitrogen functional groups attached to an aromatic ring is 1. The summed E-state index contributed by atoms with van der Waals surface area (Å²) in [6.07, 6.45) is 0. The van der Waals surface area contributed by atoms with Crippen LogP contribution in [-0.4, -0.2) is 0 Å². The summed E-state index contributed by atoms with van der Waals surface area (Å²) in [5, 5.41) is 0. The van der Waals surface area contributed by atoms with Crippen LogP contribution in [0.15, 0.2) is 34.8 Å². The highest BCUT2D eigenvalue weighted by molar-refractivity contribution is 9.10. The van der Waals surface area contributed by atoms with Crippen LogP contribution in [0.1, 0.15) is 25.6 Å². The fraction of sp³-hybridized carbons (Fsp3) is 0.286. The van der Waals surface area contributed by atoms with E-state index in [1.54, 1.807) is 0 Å². The minimum atomic E-state index is 0.201. The van der Waals surface area contributed by atoms with Crippen LogP contribution in [0.3, 0.4) is 0 Å². The lowest BCUT2D eigenvalue weighted by molar-refractivity contribution is 0.604. The summed E-state index contributed by atoms with van der Waals surface area (Å²) < 4.78 is 1.02. The van der Waals surface area contributed by atoms with E-state index in [9.17, 15) is 0 Å². The first kappa shape index (κ1) is 12.7. The highest BCUT2D eigenvalue weighted by Crippen LogP contribution is 2.37. The molecule has 0 bridgehead atoms. The molecule has 2 rings (SSSR count). The third-order valence-corrected chi connectivity index (χ3v) is 4.66. The van der Waals surface area contributed by atoms with E-state index in [0.717, 1.165) is 15.7 Å². The molecule has 17 heavy (non-hydrogen) atoms. The molecule has 0 fully saturated rings. The molecule has 0 unspecified atom stereocenters. The second kappa shape index (κ2) is 4.46. The molecule has 0 aliphatic carbocycles. The third kappa shape index (κ3) is 2.72. The standard InChI is InChI=1S/C14H16BrNS/c1-14(2,3)13-7-6-12(17-13)10-5-4-9(15)8-11(10)16/h4-8H,16H2,1-3H3. The molecule has 1 aromatic heterocycles. The Morgan fingerprint density at radius 2 is 1.82 bits per heavy atom. The second-order valence-electron chi connectivity index (χ2n) is 5.15. The van der Waals surface area contributed by atoms with Crippen molar-refractivity contribution in [2.45, 2.75) is 26.2 Å². The first-order chi connectivity index (χ1) is 7.88. The Morgan fingerprint density at radius 3 is 2.35 bits per heavy atom. The molecule has 0 aliphatic heterocycles. The Labute approximate surface area is 115 Å². The zero-order chi connectivity index (χ0) is 12.6. The predicted octanol–water partition coefficient (Wildman–Crippen LogP) is 5.06. The van der Waals surface area contributed by atoms with Crippen molar-refractivity contribution in [3.8, 4) is 10.4 Å². The molecule has 0 saturated heterocycles. The normalized spacial score (nSPS) is 11.8. The molecule has 1 nitrogen and oxygen atoms in total. The molecule has 2 N–H and O–H groups in total. The summed E-state index contributed by atoms with van der Waals surface area (Å²) in [6.45, 7) is 6.69. The highest BCUT2D eigenvalue weighted by atomic mass is 79.9. The SMILES string of the molecule is CC(C)(C)c1ccc(-c2ccc(Br)cc2N)s1. The van der Waals surface area contributed by atoms with Crippen LogP contribution in [0.25, 0.3) is 10.4 Å². The summed E-state index contributed by atoms with van der Waals surface area (Å²) in [5.41, 5.74) is 8.19. The largest absolute Gasteiger partial charge is 0.398 e. The lowest BCUT2D eigenvalue weighted by Crippen LogP contribution is -2.07. The van der Waals surface area contributed by atoms with Crippen molar-refractivity contribution in [3.05, 3.63) is 39.7 Å². The molecule has 1 aromatic carbocycles. The Kier molecular flexibility index (Phi) is 3.32. The van der Waals surface area contributed by atoms with Crippen molar-refractivity contribution >= 4 is 33.0 Å². The minimum Gasteiger partial charge on any atom is -0.398 e. The van der Waals surface area contributed by atoms with Gasteiger partial charge < -0.3 is 5.73 Å². The summed E-state index contributed by atoms with van der Waals surface area (Å²) in [6, 6.07) is 10.4. The van der Waals surface area contributed by atoms with E-state index in [1.165, 1.54) is 9.75 Å². The molecule has 0 aliphatic rings. The Balaban J connectivity index is 2.44. The Morgan fingerprint density at radius 1 is 1.12 bits per heavy atom. The van der Waals surface area contributed by atoms with Gasteiger partial charge in [-0.05, 0) is 29.7 Å². The molecule has 0 radical (unpaired) electrons. The van der Waals surface area contributed by atoms with Crippen molar-refractivity contribution < 1.29 is 0 Å². The van der Waals surface area contributed by atoms with Gasteiger partial charge in [0.1, 0.15) is 0 Å². The number of hydrogen-bond acceptors (Lipinski definition) is 2. The van der Waals surface area contributed by atoms with E-state index < -0.39 is 0 Å². The van der Waals surface area contributed by atoms with Crippen LogP contribution in [0.2, 0.25) is 0 Å². The first-order valence-electron chi connectivity index (χ1n) is 5.53. The summed E-state index contributed by atoms with van der Waals surface area (Å²) >= 11 is 5.25. The number of benzene rings is 1. The van der Waals surface area contributed by atoms with Crippen LogP contribution in [-0.2, 0) is 5.41 Å². The molecule has 0 amide bonds. The van der Waals surface area contributed by atoms with Gasteiger partial charge in [0.25, 0.3) is 0 Å². The van der Waals surface area contributed by atoms with Crippen LogP contribution in [0.5, 0.6) is 0 Å². The van der Waals surface area contributed by atoms with Gasteiger partial charge in [-0.3, -0.25) is 0 Å². The van der Waals surface area contributed by atoms with E-state index in [4.69, 9.17) is 5.73 Å². The molecule has 90 valence electrons. The van der Waals surface area contributed by atoms with Crippen molar-refractivity contribution in [1.29, 1.82) is 0 Å². The minimum absolute atomic E-state index is 0.201. The van der Waals surface area contributed by atoms with Crippen molar-refractivity contribution in [2.75, 3.05) is 5.73 Å². The zero-order valence-corrected chi connectivity index (χ0v) is 12.7. The van der Waals surface area contributed by atoms with Crippen molar-refractivity contribution in [3.63, 3.8) is 0 Å². The molecule has 2 aromatic rings. The molecular weight excluding hydrogens is 294 g/mol. The lowest BCUT2D eigenvalue weighted by Gasteiger charge is -2.15. The van der Waals surface area contributed by atoms with E-state index in [2.05, 4.69) is 54.9 Å². The van der Waals surface area contributed by atoms with Gasteiger partial charge in [0, 0.05) is 25.5 Å². The summed E-state index contributed by atoms with van der Waals surface area (Å²) in [5.74, 6) is 0. The van der Waals surface area contributed by atoms with E-state index in [0.29, 0.717) is 0 Å². The van der Waals surface area contributed by atoms with Crippen LogP contribution < -0.4 is 5.73 Å². The van der Waals surface area contributed by atoms with Crippen LogP contribution in [0, 0.1) is 0 Å². The topological polar surface area (TPSA) is 26.0 Å². The van der Waals surface area contributed by atoms with E-state index in [1.807, 2.05) is 23.5 Å². The van der Waals surface area contributed by atoms with Gasteiger partial charge in [-0.2, -0.15) is 0 Å². The Bertz CT molecular complexity index is 537. The Hall–Kier alpha value is -0.800. The molecule has 0 spiro atoms. The fourth-order valence-corrected chi connectivity index (χ4v) is 3.13. The maximum absolute atomic E-state index is 6.05. The fourth-order valence-electron chi connectivity index (χ4n) is 1.64. The number of nitrogens with two attached hydrogens (primary N) is 1. The van der Waals surface area contributed by atoms with Crippen molar-refractivity contribution in [2.24, 2.45) is 0 Å². The number of rotatable bonds is 1. The average Bonchev–Trinajstić information content (AvgIpc) is 2.65. The number of anilines is 1. The van der Waals surface area contributed by atoms with Gasteiger partial charge in [0.2, 0.25) is 0 Å². The van der Waals surface area contributed by atoms with Gasteiger partial charge in [-0.25, -0.2) is 0 Å². The summed E-state index contributed by atoms with van der Waals surface area (Å²) in [4.78, 5) is 2.62. The average molecular weight is 310 g/mol. The highest BCUT2D eigenvalue weighted by Gasteiger charge is 2.17. The van der Waals surface area contributed by atoms with Gasteiger partial charge in [-0.1, -0.05) is 42.8 Å². The number of halogens is 1. The molecule has 1 heterocycles. The zero-order valence-electron chi connectivity index (χ0n) is 10.3. The molecule has 3 heteroatoms. The number of thiophene rings is 1. The number of hydrogen-bond donors (Lipinski definition) is 1. The van der Waals surface area contributed by atoms with Gasteiger partial charge >= 0.3 is 0 Å². The maximum Gasteiger partial charge on any atom is 0.0413 e. The van der Waals surface area contributed by atoms with Crippen molar-refractivity contribution in [1.82, 2.24) is 0 Å². The van der Waals surface area contributed by atoms with E-state index in [-0.39, 0.29) is 5.41 Å². The molecule has 0 saturated carbocycles. The third-order valence-electron chi connectivity index (χ3n) is 2.62. The lowest BCUT2D eigenvalue weighted by atomic mass is 9.95. The first-order valence-corrected chi connectivity index (χ1v) is 7.14. The van der Waals surface area contributed by atoms with Gasteiger partial charge in [0.15, 0.2) is 0 Å². The summed E-state index contributed by atoms with van der Waals surface area (Å²) in [7, 11) is 0. The van der Waals surface area contributed by atoms with E-state index >= 15 is 0 Å².